The molecule has 0 aliphatic heterocycles. The van der Waals surface area contributed by atoms with E-state index in [1.165, 1.54) is 0 Å². The van der Waals surface area contributed by atoms with Crippen molar-refractivity contribution in [1.82, 2.24) is 0 Å². The smallest absolute Gasteiger partial charge is 1.00 e. The first-order valence-electron chi connectivity index (χ1n) is 0. The molecule has 0 N–H and O–H groups in total. The summed E-state index contributed by atoms with van der Waals surface area (Å²) in [5.41, 5.74) is 0. The third-order valence-electron chi connectivity index (χ3n) is 0. The van der Waals surface area contributed by atoms with Gasteiger partial charge in [0.2, 0.25) is 0 Å². The first-order chi connectivity index (χ1) is 0. The predicted octanol–water partition coefficient (Wildman–Crippen LogP) is -1.50. The Morgan fingerprint density at radius 2 is 1.00 bits per heavy atom. The Balaban J connectivity index is 0. The van der Waals surface area contributed by atoms with Gasteiger partial charge in [-0.2, -0.15) is 0 Å². The van der Waals surface area contributed by atoms with Crippen molar-refractivity contribution in [1.29, 1.82) is 0 Å². The summed E-state index contributed by atoms with van der Waals surface area (Å²) in [7, 11) is 0. The Morgan fingerprint density at radius 3 is 1.00 bits per heavy atom. The summed E-state index contributed by atoms with van der Waals surface area (Å²) in [6.07, 6.45) is 0. The van der Waals surface area contributed by atoms with Crippen LogP contribution in [0.3, 0.4) is 0 Å². The molecule has 0 rings (SSSR count). The molecule has 0 aromatic heterocycles. The van der Waals surface area contributed by atoms with Crippen LogP contribution in [0, 0.1) is 7.43 Å². The third kappa shape index (κ3) is 23.4. The third-order valence-corrected chi connectivity index (χ3v) is 0. The SMILES string of the molecule is [AlH3].[B-].[CH3-].[Mg+2].[Ti]. The van der Waals surface area contributed by atoms with E-state index < -0.39 is 0 Å². The Bertz CT molecular complexity index is 11.6. The second-order valence-electron chi connectivity index (χ2n) is 0. The summed E-state index contributed by atoms with van der Waals surface area (Å²) in [6.45, 7) is 0. The largest absolute Gasteiger partial charge is 2.00 e. The summed E-state index contributed by atoms with van der Waals surface area (Å²) < 4.78 is 0. The molecule has 0 unspecified atom stereocenters. The van der Waals surface area contributed by atoms with Gasteiger partial charge in [0.1, 0.15) is 0 Å². The zero-order valence-electron chi connectivity index (χ0n) is 2.78. The van der Waals surface area contributed by atoms with Crippen LogP contribution in [0.5, 0.6) is 0 Å². The van der Waals surface area contributed by atoms with E-state index in [-0.39, 0.29) is 78.0 Å². The Hall–Kier alpha value is 2.08. The second-order valence-corrected chi connectivity index (χ2v) is 0. The summed E-state index contributed by atoms with van der Waals surface area (Å²) in [5, 5.41) is 0. The van der Waals surface area contributed by atoms with E-state index in [4.69, 9.17) is 0 Å². The van der Waals surface area contributed by atoms with E-state index in [2.05, 4.69) is 0 Å². The van der Waals surface area contributed by atoms with Crippen molar-refractivity contribution < 1.29 is 21.7 Å². The summed E-state index contributed by atoms with van der Waals surface area (Å²) in [6, 6.07) is 0. The summed E-state index contributed by atoms with van der Waals surface area (Å²) in [4.78, 5) is 0. The molecule has 0 atom stereocenters. The minimum absolute atomic E-state index is 0. The molecule has 0 spiro atoms. The van der Waals surface area contributed by atoms with Gasteiger partial charge in [-0.1, -0.05) is 0 Å². The molecule has 0 aliphatic rings. The van der Waals surface area contributed by atoms with Crippen LogP contribution in [0.15, 0.2) is 0 Å². The molecule has 0 aliphatic carbocycles. The maximum atomic E-state index is 0. The summed E-state index contributed by atoms with van der Waals surface area (Å²) >= 11 is 0. The van der Waals surface area contributed by atoms with E-state index >= 15 is 0 Å². The van der Waals surface area contributed by atoms with Crippen LogP contribution >= 0.6 is 0 Å². The molecular formula is CH6AlBMgTi. The predicted molar refractivity (Wildman–Crippen MR) is 27.9 cm³/mol. The Labute approximate surface area is 77.2 Å². The van der Waals surface area contributed by atoms with E-state index in [1.807, 2.05) is 0 Å². The van der Waals surface area contributed by atoms with Crippen molar-refractivity contribution in [2.24, 2.45) is 0 Å². The molecule has 0 aromatic rings. The first-order valence-corrected chi connectivity index (χ1v) is 0. The summed E-state index contributed by atoms with van der Waals surface area (Å²) in [5.74, 6) is 0. The molecular weight excluding hydrogens is 122 g/mol. The monoisotopic (exact) mass is 128 g/mol. The topological polar surface area (TPSA) is 0 Å². The van der Waals surface area contributed by atoms with Gasteiger partial charge in [-0.15, -0.1) is 0 Å². The van der Waals surface area contributed by atoms with Gasteiger partial charge in [-0.05, 0) is 0 Å². The van der Waals surface area contributed by atoms with Crippen molar-refractivity contribution in [3.8, 4) is 0 Å². The van der Waals surface area contributed by atoms with Crippen LogP contribution in [0.1, 0.15) is 0 Å². The molecule has 0 fully saturated rings. The van der Waals surface area contributed by atoms with E-state index in [1.54, 1.807) is 0 Å². The molecule has 4 radical (unpaired) electrons. The number of rotatable bonds is 0. The molecule has 0 bridgehead atoms. The van der Waals surface area contributed by atoms with Crippen molar-refractivity contribution in [2.45, 2.75) is 0 Å². The van der Waals surface area contributed by atoms with Gasteiger partial charge in [0.15, 0.2) is 17.4 Å². The van der Waals surface area contributed by atoms with Crippen molar-refractivity contribution >= 4 is 48.8 Å². The number of hydrogen-bond donors (Lipinski definition) is 0. The molecule has 4 heteroatoms. The van der Waals surface area contributed by atoms with Crippen LogP contribution < -0.4 is 0 Å². The van der Waals surface area contributed by atoms with Crippen LogP contribution in [0.2, 0.25) is 0 Å². The van der Waals surface area contributed by atoms with Crippen molar-refractivity contribution in [2.75, 3.05) is 0 Å². The van der Waals surface area contributed by atoms with E-state index in [0.29, 0.717) is 0 Å². The Morgan fingerprint density at radius 1 is 1.00 bits per heavy atom. The van der Waals surface area contributed by atoms with Gasteiger partial charge in [0, 0.05) is 21.7 Å². The maximum absolute atomic E-state index is 0. The fraction of sp³-hybridized carbons (Fsp3) is 0. The standard InChI is InChI=1S/CH3.Al.B.Mg.Ti.3H/h1H3;;;;;;;/q-1;;-1;+2;;;;. The maximum Gasteiger partial charge on any atom is 2.00 e. The molecule has 0 heterocycles. The zero-order valence-corrected chi connectivity index (χ0v) is 5.76. The molecule has 0 saturated carbocycles. The molecule has 0 nitrogen and oxygen atoms in total. The molecule has 0 aromatic carbocycles. The van der Waals surface area contributed by atoms with Crippen LogP contribution in [-0.4, -0.2) is 48.8 Å². The van der Waals surface area contributed by atoms with Crippen molar-refractivity contribution in [3.63, 3.8) is 0 Å². The van der Waals surface area contributed by atoms with Crippen LogP contribution in [0.4, 0.5) is 0 Å². The number of hydrogen-bond acceptors (Lipinski definition) is 0. The minimum atomic E-state index is 0. The van der Waals surface area contributed by atoms with E-state index in [9.17, 15) is 0 Å². The van der Waals surface area contributed by atoms with E-state index in [0.717, 1.165) is 0 Å². The average molecular weight is 128 g/mol. The molecule has 22 valence electrons. The van der Waals surface area contributed by atoms with Gasteiger partial charge in [0.05, 0.1) is 0 Å². The van der Waals surface area contributed by atoms with Gasteiger partial charge in [-0.3, -0.25) is 0 Å². The fourth-order valence-electron chi connectivity index (χ4n) is 0. The second kappa shape index (κ2) is 36.3. The van der Waals surface area contributed by atoms with Gasteiger partial charge in [0.25, 0.3) is 0 Å². The van der Waals surface area contributed by atoms with Crippen LogP contribution in [0.25, 0.3) is 0 Å². The van der Waals surface area contributed by atoms with Crippen molar-refractivity contribution in [3.05, 3.63) is 7.43 Å². The van der Waals surface area contributed by atoms with Gasteiger partial charge in [-0.25, -0.2) is 0 Å². The molecule has 0 saturated heterocycles. The first kappa shape index (κ1) is 60.6. The zero-order chi connectivity index (χ0) is 0. The average Bonchev–Trinajstić information content (AvgIpc) is 0. The van der Waals surface area contributed by atoms with Crippen LogP contribution in [-0.2, 0) is 21.7 Å². The normalized spacial score (nSPS) is 0. The molecule has 0 amide bonds. The minimum Gasteiger partial charge on any atom is -1.00 e. The van der Waals surface area contributed by atoms with Gasteiger partial charge >= 0.3 is 23.1 Å². The fourth-order valence-corrected chi connectivity index (χ4v) is 0. The Kier molecular flexibility index (Phi) is 440. The van der Waals surface area contributed by atoms with Gasteiger partial charge < -0.3 is 15.8 Å². The molecule has 5 heavy (non-hydrogen) atoms. The quantitative estimate of drug-likeness (QED) is 0.275.